The molecular formula is C22H24N4O2. The molecule has 28 heavy (non-hydrogen) atoms. The van der Waals surface area contributed by atoms with Crippen LogP contribution in [0.1, 0.15) is 30.6 Å². The van der Waals surface area contributed by atoms with Crippen LogP contribution in [0.4, 0.5) is 11.5 Å². The fourth-order valence-electron chi connectivity index (χ4n) is 2.78. The highest BCUT2D eigenvalue weighted by atomic mass is 16.5. The van der Waals surface area contributed by atoms with Gasteiger partial charge in [-0.3, -0.25) is 4.79 Å². The topological polar surface area (TPSA) is 67.4 Å². The second kappa shape index (κ2) is 9.50. The lowest BCUT2D eigenvalue weighted by atomic mass is 10.2. The molecule has 0 bridgehead atoms. The molecule has 3 aromatic rings. The molecule has 2 heterocycles. The predicted molar refractivity (Wildman–Crippen MR) is 110 cm³/mol. The first kappa shape index (κ1) is 19.4. The van der Waals surface area contributed by atoms with Crippen molar-refractivity contribution < 1.29 is 9.53 Å². The minimum atomic E-state index is -0.0686. The van der Waals surface area contributed by atoms with Gasteiger partial charge in [-0.25, -0.2) is 9.97 Å². The summed E-state index contributed by atoms with van der Waals surface area (Å²) < 4.78 is 5.91. The second-order valence-electron chi connectivity index (χ2n) is 6.21. The summed E-state index contributed by atoms with van der Waals surface area (Å²) >= 11 is 0. The van der Waals surface area contributed by atoms with E-state index in [0.29, 0.717) is 30.3 Å². The zero-order valence-corrected chi connectivity index (χ0v) is 16.1. The highest BCUT2D eigenvalue weighted by molar-refractivity contribution is 5.96. The standard InChI is InChI=1S/C22H24N4O2/c1-3-16-26(4-2)22(27)19-8-7-15-24-21(19)28-18-12-10-17(11-13-18)25-20-9-5-6-14-23-20/h5-15H,3-4,16H2,1-2H3,(H,23,25). The molecule has 0 spiro atoms. The SMILES string of the molecule is CCCN(CC)C(=O)c1cccnc1Oc1ccc(Nc2ccccn2)cc1. The molecule has 6 heteroatoms. The summed E-state index contributed by atoms with van der Waals surface area (Å²) in [4.78, 5) is 23.1. The Bertz CT molecular complexity index is 898. The molecule has 0 radical (unpaired) electrons. The Morgan fingerprint density at radius 3 is 2.46 bits per heavy atom. The van der Waals surface area contributed by atoms with E-state index in [-0.39, 0.29) is 5.91 Å². The number of carbonyl (C=O) groups excluding carboxylic acids is 1. The molecule has 0 aliphatic rings. The number of pyridine rings is 2. The molecule has 2 aromatic heterocycles. The lowest BCUT2D eigenvalue weighted by molar-refractivity contribution is 0.0761. The maximum atomic E-state index is 12.8. The minimum absolute atomic E-state index is 0.0686. The average molecular weight is 376 g/mol. The van der Waals surface area contributed by atoms with E-state index in [4.69, 9.17) is 4.74 Å². The zero-order valence-electron chi connectivity index (χ0n) is 16.1. The summed E-state index contributed by atoms with van der Waals surface area (Å²) in [5.74, 6) is 1.62. The molecule has 0 aliphatic carbocycles. The van der Waals surface area contributed by atoms with Crippen LogP contribution in [0.3, 0.4) is 0 Å². The molecule has 1 aromatic carbocycles. The van der Waals surface area contributed by atoms with Crippen molar-refractivity contribution in [2.75, 3.05) is 18.4 Å². The van der Waals surface area contributed by atoms with E-state index < -0.39 is 0 Å². The number of rotatable bonds is 8. The number of amides is 1. The molecule has 1 amide bonds. The smallest absolute Gasteiger partial charge is 0.259 e. The third kappa shape index (κ3) is 4.85. The molecule has 0 saturated carbocycles. The number of nitrogens with zero attached hydrogens (tertiary/aromatic N) is 3. The quantitative estimate of drug-likeness (QED) is 0.606. The lowest BCUT2D eigenvalue weighted by Crippen LogP contribution is -2.31. The molecular weight excluding hydrogens is 352 g/mol. The maximum absolute atomic E-state index is 12.8. The predicted octanol–water partition coefficient (Wildman–Crippen LogP) is 4.88. The van der Waals surface area contributed by atoms with Gasteiger partial charge in [0.05, 0.1) is 0 Å². The van der Waals surface area contributed by atoms with Crippen molar-refractivity contribution in [3.8, 4) is 11.6 Å². The Labute approximate surface area is 165 Å². The molecule has 6 nitrogen and oxygen atoms in total. The van der Waals surface area contributed by atoms with Crippen molar-refractivity contribution in [2.45, 2.75) is 20.3 Å². The van der Waals surface area contributed by atoms with Crippen molar-refractivity contribution in [3.05, 3.63) is 72.6 Å². The van der Waals surface area contributed by atoms with Gasteiger partial charge < -0.3 is 15.0 Å². The summed E-state index contributed by atoms with van der Waals surface area (Å²) in [5.41, 5.74) is 1.36. The number of carbonyl (C=O) groups is 1. The van der Waals surface area contributed by atoms with Gasteiger partial charge in [0.2, 0.25) is 5.88 Å². The Morgan fingerprint density at radius 2 is 1.79 bits per heavy atom. The monoisotopic (exact) mass is 376 g/mol. The number of benzene rings is 1. The summed E-state index contributed by atoms with van der Waals surface area (Å²) in [5, 5.41) is 3.22. The third-order valence-corrected chi connectivity index (χ3v) is 4.17. The van der Waals surface area contributed by atoms with Gasteiger partial charge in [0.25, 0.3) is 5.91 Å². The van der Waals surface area contributed by atoms with E-state index in [1.54, 1.807) is 29.4 Å². The van der Waals surface area contributed by atoms with Gasteiger partial charge in [-0.15, -0.1) is 0 Å². The first-order chi connectivity index (χ1) is 13.7. The van der Waals surface area contributed by atoms with E-state index >= 15 is 0 Å². The highest BCUT2D eigenvalue weighted by Gasteiger charge is 2.19. The largest absolute Gasteiger partial charge is 0.438 e. The van der Waals surface area contributed by atoms with Crippen LogP contribution in [-0.4, -0.2) is 33.9 Å². The third-order valence-electron chi connectivity index (χ3n) is 4.17. The molecule has 3 rings (SSSR count). The van der Waals surface area contributed by atoms with Gasteiger partial charge in [-0.1, -0.05) is 13.0 Å². The van der Waals surface area contributed by atoms with Crippen LogP contribution < -0.4 is 10.1 Å². The van der Waals surface area contributed by atoms with E-state index in [1.165, 1.54) is 0 Å². The van der Waals surface area contributed by atoms with E-state index in [1.807, 2.05) is 49.4 Å². The van der Waals surface area contributed by atoms with E-state index in [2.05, 4.69) is 22.2 Å². The summed E-state index contributed by atoms with van der Waals surface area (Å²) in [6.45, 7) is 5.38. The molecule has 144 valence electrons. The van der Waals surface area contributed by atoms with Crippen LogP contribution in [0.15, 0.2) is 67.0 Å². The number of aromatic nitrogens is 2. The number of anilines is 2. The Morgan fingerprint density at radius 1 is 1.00 bits per heavy atom. The van der Waals surface area contributed by atoms with Crippen molar-refractivity contribution in [1.29, 1.82) is 0 Å². The van der Waals surface area contributed by atoms with Crippen LogP contribution in [0.2, 0.25) is 0 Å². The number of hydrogen-bond donors (Lipinski definition) is 1. The van der Waals surface area contributed by atoms with Crippen molar-refractivity contribution >= 4 is 17.4 Å². The van der Waals surface area contributed by atoms with Crippen molar-refractivity contribution in [1.82, 2.24) is 14.9 Å². The van der Waals surface area contributed by atoms with Crippen LogP contribution in [0.5, 0.6) is 11.6 Å². The highest BCUT2D eigenvalue weighted by Crippen LogP contribution is 2.26. The van der Waals surface area contributed by atoms with Gasteiger partial charge in [0.1, 0.15) is 17.1 Å². The zero-order chi connectivity index (χ0) is 19.8. The van der Waals surface area contributed by atoms with Gasteiger partial charge in [0.15, 0.2) is 0 Å². The first-order valence-electron chi connectivity index (χ1n) is 9.41. The van der Waals surface area contributed by atoms with Crippen LogP contribution in [0, 0.1) is 0 Å². The molecule has 1 N–H and O–H groups in total. The van der Waals surface area contributed by atoms with E-state index in [9.17, 15) is 4.79 Å². The van der Waals surface area contributed by atoms with Crippen LogP contribution in [-0.2, 0) is 0 Å². The normalized spacial score (nSPS) is 10.4. The van der Waals surface area contributed by atoms with Crippen LogP contribution in [0.25, 0.3) is 0 Å². The average Bonchev–Trinajstić information content (AvgIpc) is 2.74. The van der Waals surface area contributed by atoms with E-state index in [0.717, 1.165) is 17.9 Å². The first-order valence-corrected chi connectivity index (χ1v) is 9.41. The van der Waals surface area contributed by atoms with Gasteiger partial charge in [0, 0.05) is 31.2 Å². The molecule has 0 atom stereocenters. The second-order valence-corrected chi connectivity index (χ2v) is 6.21. The lowest BCUT2D eigenvalue weighted by Gasteiger charge is -2.21. The summed E-state index contributed by atoms with van der Waals surface area (Å²) in [6.07, 6.45) is 4.26. The fourth-order valence-corrected chi connectivity index (χ4v) is 2.78. The molecule has 0 fully saturated rings. The molecule has 0 unspecified atom stereocenters. The number of ether oxygens (including phenoxy) is 1. The maximum Gasteiger partial charge on any atom is 0.259 e. The molecule has 0 saturated heterocycles. The molecule has 0 aliphatic heterocycles. The minimum Gasteiger partial charge on any atom is -0.438 e. The Balaban J connectivity index is 1.74. The van der Waals surface area contributed by atoms with Gasteiger partial charge >= 0.3 is 0 Å². The fraction of sp³-hybridized carbons (Fsp3) is 0.227. The number of nitrogens with one attached hydrogen (secondary N) is 1. The Kier molecular flexibility index (Phi) is 6.57. The van der Waals surface area contributed by atoms with Gasteiger partial charge in [-0.2, -0.15) is 0 Å². The van der Waals surface area contributed by atoms with Gasteiger partial charge in [-0.05, 0) is 61.9 Å². The van der Waals surface area contributed by atoms with Crippen molar-refractivity contribution in [2.24, 2.45) is 0 Å². The van der Waals surface area contributed by atoms with Crippen LogP contribution >= 0.6 is 0 Å². The van der Waals surface area contributed by atoms with Crippen molar-refractivity contribution in [3.63, 3.8) is 0 Å². The summed E-state index contributed by atoms with van der Waals surface area (Å²) in [7, 11) is 0. The number of hydrogen-bond acceptors (Lipinski definition) is 5. The Hall–Kier alpha value is -3.41. The summed E-state index contributed by atoms with van der Waals surface area (Å²) in [6, 6.07) is 16.6.